The molecule has 0 unspecified atom stereocenters. The van der Waals surface area contributed by atoms with Crippen LogP contribution in [-0.2, 0) is 10.0 Å². The predicted molar refractivity (Wildman–Crippen MR) is 93.3 cm³/mol. The molecule has 0 radical (unpaired) electrons. The first-order chi connectivity index (χ1) is 12.1. The predicted octanol–water partition coefficient (Wildman–Crippen LogP) is 3.61. The molecule has 1 saturated heterocycles. The number of hydrogen-bond donors (Lipinski definition) is 0. The third-order valence-corrected chi connectivity index (χ3v) is 7.65. The average molecular weight is 412 g/mol. The highest BCUT2D eigenvalue weighted by Crippen LogP contribution is 2.38. The van der Waals surface area contributed by atoms with Crippen LogP contribution >= 0.6 is 11.8 Å². The Bertz CT molecular complexity index is 771. The van der Waals surface area contributed by atoms with Crippen LogP contribution in [0.2, 0.25) is 0 Å². The maximum Gasteiger partial charge on any atom is 0.511 e. The summed E-state index contributed by atoms with van der Waals surface area (Å²) in [5.74, 6) is 1.25. The van der Waals surface area contributed by atoms with E-state index in [1.807, 2.05) is 6.92 Å². The van der Waals surface area contributed by atoms with E-state index in [2.05, 4.69) is 0 Å². The summed E-state index contributed by atoms with van der Waals surface area (Å²) in [7, 11) is -5.33. The number of alkyl halides is 3. The monoisotopic (exact) mass is 412 g/mol. The molecule has 10 heteroatoms. The van der Waals surface area contributed by atoms with Crippen LogP contribution in [0.3, 0.4) is 0 Å². The van der Waals surface area contributed by atoms with Gasteiger partial charge in [-0.05, 0) is 43.4 Å². The smallest absolute Gasteiger partial charge is 0.366 e. The zero-order valence-corrected chi connectivity index (χ0v) is 15.9. The SMILES string of the molecule is Cc1cc(F)c(N2CCN(S(=O)(=O)C(F)(F)F)CC2)cc1SCC1CC1. The van der Waals surface area contributed by atoms with Crippen LogP contribution in [0.15, 0.2) is 17.0 Å². The third-order valence-electron chi connectivity index (χ3n) is 4.63. The lowest BCUT2D eigenvalue weighted by molar-refractivity contribution is -0.0490. The van der Waals surface area contributed by atoms with Gasteiger partial charge in [0.05, 0.1) is 5.69 Å². The van der Waals surface area contributed by atoms with Crippen molar-refractivity contribution in [1.29, 1.82) is 0 Å². The number of thioether (sulfide) groups is 1. The molecule has 1 saturated carbocycles. The van der Waals surface area contributed by atoms with E-state index in [0.717, 1.165) is 16.2 Å². The molecule has 0 bridgehead atoms. The van der Waals surface area contributed by atoms with E-state index < -0.39 is 21.3 Å². The third kappa shape index (κ3) is 4.12. The number of nitrogens with zero attached hydrogens (tertiary/aromatic N) is 2. The van der Waals surface area contributed by atoms with Gasteiger partial charge in [-0.2, -0.15) is 17.5 Å². The molecule has 2 aliphatic rings. The number of halogens is 4. The van der Waals surface area contributed by atoms with Crippen LogP contribution in [0.4, 0.5) is 23.2 Å². The number of rotatable bonds is 5. The topological polar surface area (TPSA) is 40.6 Å². The Labute approximate surface area is 154 Å². The minimum absolute atomic E-state index is 0.0159. The zero-order chi connectivity index (χ0) is 19.1. The second kappa shape index (κ2) is 7.20. The van der Waals surface area contributed by atoms with Gasteiger partial charge in [-0.25, -0.2) is 12.8 Å². The molecule has 0 aromatic heterocycles. The first-order valence-corrected chi connectivity index (χ1v) is 10.8. The summed E-state index contributed by atoms with van der Waals surface area (Å²) in [5.41, 5.74) is -4.16. The van der Waals surface area contributed by atoms with E-state index in [4.69, 9.17) is 0 Å². The van der Waals surface area contributed by atoms with Crippen LogP contribution in [0, 0.1) is 18.7 Å². The molecule has 1 aromatic carbocycles. The van der Waals surface area contributed by atoms with Crippen LogP contribution in [-0.4, -0.2) is 50.2 Å². The molecule has 26 heavy (non-hydrogen) atoms. The van der Waals surface area contributed by atoms with Gasteiger partial charge >= 0.3 is 15.5 Å². The lowest BCUT2D eigenvalue weighted by Gasteiger charge is -2.35. The fraction of sp³-hybridized carbons (Fsp3) is 0.625. The molecule has 0 atom stereocenters. The zero-order valence-electron chi connectivity index (χ0n) is 14.2. The highest BCUT2D eigenvalue weighted by atomic mass is 32.2. The molecule has 1 aromatic rings. The Morgan fingerprint density at radius 3 is 2.31 bits per heavy atom. The number of benzene rings is 1. The maximum absolute atomic E-state index is 14.4. The highest BCUT2D eigenvalue weighted by molar-refractivity contribution is 7.99. The second-order valence-corrected chi connectivity index (χ2v) is 9.65. The van der Waals surface area contributed by atoms with Crippen molar-refractivity contribution in [3.63, 3.8) is 0 Å². The molecule has 4 nitrogen and oxygen atoms in total. The first-order valence-electron chi connectivity index (χ1n) is 8.34. The summed E-state index contributed by atoms with van der Waals surface area (Å²) in [6, 6.07) is 3.16. The van der Waals surface area contributed by atoms with Crippen molar-refractivity contribution >= 4 is 27.5 Å². The molecule has 0 spiro atoms. The van der Waals surface area contributed by atoms with Crippen LogP contribution < -0.4 is 4.90 Å². The Balaban J connectivity index is 1.71. The number of piperazine rings is 1. The molecular formula is C16H20F4N2O2S2. The number of hydrogen-bond acceptors (Lipinski definition) is 4. The van der Waals surface area contributed by atoms with E-state index in [1.165, 1.54) is 18.9 Å². The van der Waals surface area contributed by atoms with E-state index in [0.29, 0.717) is 15.9 Å². The van der Waals surface area contributed by atoms with Gasteiger partial charge in [-0.3, -0.25) is 0 Å². The fourth-order valence-electron chi connectivity index (χ4n) is 2.85. The molecule has 0 amide bonds. The molecule has 1 aliphatic carbocycles. The van der Waals surface area contributed by atoms with Crippen molar-refractivity contribution in [3.8, 4) is 0 Å². The quantitative estimate of drug-likeness (QED) is 0.547. The van der Waals surface area contributed by atoms with Gasteiger partial charge in [0.25, 0.3) is 0 Å². The first kappa shape index (κ1) is 19.8. The number of aryl methyl sites for hydroxylation is 1. The normalized spacial score (nSPS) is 19.8. The van der Waals surface area contributed by atoms with Crippen molar-refractivity contribution in [2.75, 3.05) is 36.8 Å². The summed E-state index contributed by atoms with van der Waals surface area (Å²) >= 11 is 1.66. The minimum Gasteiger partial charge on any atom is -0.366 e. The molecule has 3 rings (SSSR count). The van der Waals surface area contributed by atoms with Gasteiger partial charge in [-0.15, -0.1) is 11.8 Å². The van der Waals surface area contributed by atoms with E-state index in [-0.39, 0.29) is 26.2 Å². The average Bonchev–Trinajstić information content (AvgIpc) is 3.37. The van der Waals surface area contributed by atoms with E-state index in [9.17, 15) is 26.0 Å². The molecule has 1 heterocycles. The molecule has 0 N–H and O–H groups in total. The number of anilines is 1. The maximum atomic E-state index is 14.4. The standard InChI is InChI=1S/C16H20F4N2O2S2/c1-11-8-13(17)14(9-15(11)25-10-12-2-3-12)21-4-6-22(7-5-21)26(23,24)16(18,19)20/h8-9,12H,2-7,10H2,1H3. The van der Waals surface area contributed by atoms with Gasteiger partial charge in [0.2, 0.25) is 0 Å². The van der Waals surface area contributed by atoms with Crippen molar-refractivity contribution in [3.05, 3.63) is 23.5 Å². The van der Waals surface area contributed by atoms with Crippen LogP contribution in [0.1, 0.15) is 18.4 Å². The molecule has 146 valence electrons. The highest BCUT2D eigenvalue weighted by Gasteiger charge is 2.50. The lowest BCUT2D eigenvalue weighted by atomic mass is 10.2. The molecule has 1 aliphatic heterocycles. The Kier molecular flexibility index (Phi) is 5.47. The minimum atomic E-state index is -5.33. The summed E-state index contributed by atoms with van der Waals surface area (Å²) in [4.78, 5) is 2.57. The number of sulfonamides is 1. The van der Waals surface area contributed by atoms with Gasteiger partial charge in [0.1, 0.15) is 5.82 Å². The largest absolute Gasteiger partial charge is 0.511 e. The van der Waals surface area contributed by atoms with Gasteiger partial charge in [0.15, 0.2) is 0 Å². The van der Waals surface area contributed by atoms with Crippen LogP contribution in [0.25, 0.3) is 0 Å². The van der Waals surface area contributed by atoms with Crippen molar-refractivity contribution in [2.24, 2.45) is 5.92 Å². The Morgan fingerprint density at radius 1 is 1.15 bits per heavy atom. The van der Waals surface area contributed by atoms with Gasteiger partial charge in [0, 0.05) is 36.8 Å². The van der Waals surface area contributed by atoms with Crippen LogP contribution in [0.5, 0.6) is 0 Å². The Morgan fingerprint density at radius 2 is 1.77 bits per heavy atom. The summed E-state index contributed by atoms with van der Waals surface area (Å²) < 4.78 is 75.7. The van der Waals surface area contributed by atoms with E-state index >= 15 is 0 Å². The lowest BCUT2D eigenvalue weighted by Crippen LogP contribution is -2.52. The molecule has 2 fully saturated rings. The second-order valence-electron chi connectivity index (χ2n) is 6.66. The van der Waals surface area contributed by atoms with Crippen molar-refractivity contribution < 1.29 is 26.0 Å². The van der Waals surface area contributed by atoms with E-state index in [1.54, 1.807) is 22.7 Å². The molecular weight excluding hydrogens is 392 g/mol. The summed E-state index contributed by atoms with van der Waals surface area (Å²) in [5, 5.41) is 0. The van der Waals surface area contributed by atoms with Gasteiger partial charge < -0.3 is 4.90 Å². The van der Waals surface area contributed by atoms with Gasteiger partial charge in [-0.1, -0.05) is 0 Å². The summed E-state index contributed by atoms with van der Waals surface area (Å²) in [6.07, 6.45) is 2.44. The summed E-state index contributed by atoms with van der Waals surface area (Å²) in [6.45, 7) is 1.22. The fourth-order valence-corrected chi connectivity index (χ4v) is 5.01. The Hall–Kier alpha value is -1.00. The van der Waals surface area contributed by atoms with Crippen molar-refractivity contribution in [2.45, 2.75) is 30.2 Å². The van der Waals surface area contributed by atoms with Crippen molar-refractivity contribution in [1.82, 2.24) is 4.31 Å².